The van der Waals surface area contributed by atoms with Crippen LogP contribution in [0.3, 0.4) is 0 Å². The summed E-state index contributed by atoms with van der Waals surface area (Å²) in [5.74, 6) is 0. The second-order valence-electron chi connectivity index (χ2n) is 4.93. The fourth-order valence-electron chi connectivity index (χ4n) is 2.54. The monoisotopic (exact) mass is 282 g/mol. The molecular formula is C17H18N2S. The molecule has 1 N–H and O–H groups in total. The highest BCUT2D eigenvalue weighted by Crippen LogP contribution is 2.31. The topological polar surface area (TPSA) is 24.9 Å². The summed E-state index contributed by atoms with van der Waals surface area (Å²) in [6, 6.07) is 13.0. The number of fused-ring (bicyclic) bond motifs is 1. The Morgan fingerprint density at radius 3 is 2.95 bits per heavy atom. The van der Waals surface area contributed by atoms with Crippen molar-refractivity contribution in [1.29, 1.82) is 0 Å². The maximum absolute atomic E-state index is 4.57. The Labute approximate surface area is 123 Å². The van der Waals surface area contributed by atoms with Gasteiger partial charge in [-0.3, -0.25) is 4.98 Å². The van der Waals surface area contributed by atoms with E-state index in [1.54, 1.807) is 11.3 Å². The third-order valence-electron chi connectivity index (χ3n) is 3.46. The van der Waals surface area contributed by atoms with E-state index in [0.717, 1.165) is 12.2 Å². The Kier molecular flexibility index (Phi) is 3.81. The molecule has 3 rings (SSSR count). The van der Waals surface area contributed by atoms with Gasteiger partial charge in [0.1, 0.15) is 0 Å². The molecule has 0 aliphatic heterocycles. The molecule has 0 aliphatic carbocycles. The van der Waals surface area contributed by atoms with E-state index in [1.807, 2.05) is 12.3 Å². The molecule has 20 heavy (non-hydrogen) atoms. The van der Waals surface area contributed by atoms with Crippen molar-refractivity contribution in [2.45, 2.75) is 19.9 Å². The van der Waals surface area contributed by atoms with Crippen molar-refractivity contribution in [3.05, 3.63) is 64.8 Å². The fraction of sp³-hybridized carbons (Fsp3) is 0.235. The molecule has 0 fully saturated rings. The van der Waals surface area contributed by atoms with E-state index in [-0.39, 0.29) is 6.04 Å². The van der Waals surface area contributed by atoms with E-state index in [4.69, 9.17) is 0 Å². The number of pyridine rings is 1. The van der Waals surface area contributed by atoms with E-state index >= 15 is 0 Å². The summed E-state index contributed by atoms with van der Waals surface area (Å²) in [4.78, 5) is 4.57. The molecule has 2 heterocycles. The molecule has 102 valence electrons. The number of hydrogen-bond donors (Lipinski definition) is 1. The highest BCUT2D eigenvalue weighted by molar-refractivity contribution is 7.17. The van der Waals surface area contributed by atoms with Crippen molar-refractivity contribution in [3.63, 3.8) is 0 Å². The van der Waals surface area contributed by atoms with Crippen LogP contribution in [0.5, 0.6) is 0 Å². The molecule has 2 nitrogen and oxygen atoms in total. The Balaban J connectivity index is 2.13. The first-order valence-corrected chi connectivity index (χ1v) is 7.79. The van der Waals surface area contributed by atoms with Crippen LogP contribution in [0.1, 0.15) is 29.8 Å². The Morgan fingerprint density at radius 1 is 1.25 bits per heavy atom. The highest BCUT2D eigenvalue weighted by Gasteiger charge is 2.17. The molecule has 0 spiro atoms. The van der Waals surface area contributed by atoms with E-state index < -0.39 is 0 Å². The van der Waals surface area contributed by atoms with Gasteiger partial charge in [-0.25, -0.2) is 0 Å². The van der Waals surface area contributed by atoms with Crippen LogP contribution >= 0.6 is 11.3 Å². The lowest BCUT2D eigenvalue weighted by molar-refractivity contribution is 0.619. The zero-order chi connectivity index (χ0) is 13.9. The van der Waals surface area contributed by atoms with Crippen molar-refractivity contribution in [1.82, 2.24) is 10.3 Å². The van der Waals surface area contributed by atoms with Gasteiger partial charge >= 0.3 is 0 Å². The van der Waals surface area contributed by atoms with Crippen LogP contribution in [0, 0.1) is 6.92 Å². The van der Waals surface area contributed by atoms with Gasteiger partial charge in [0.05, 0.1) is 11.7 Å². The lowest BCUT2D eigenvalue weighted by Crippen LogP contribution is -2.23. The lowest BCUT2D eigenvalue weighted by atomic mass is 10.0. The second-order valence-corrected chi connectivity index (χ2v) is 5.85. The molecule has 2 aromatic heterocycles. The Morgan fingerprint density at radius 2 is 2.15 bits per heavy atom. The normalized spacial score (nSPS) is 12.7. The SMILES string of the molecule is CCNC(c1cc(C)ccn1)c1cccc2ccsc12. The van der Waals surface area contributed by atoms with Crippen molar-refractivity contribution < 1.29 is 0 Å². The Hall–Kier alpha value is -1.71. The first kappa shape index (κ1) is 13.3. The molecule has 0 aliphatic rings. The third kappa shape index (κ3) is 2.47. The predicted molar refractivity (Wildman–Crippen MR) is 86.3 cm³/mol. The van der Waals surface area contributed by atoms with E-state index in [0.29, 0.717) is 0 Å². The summed E-state index contributed by atoms with van der Waals surface area (Å²) in [7, 11) is 0. The van der Waals surface area contributed by atoms with Gasteiger partial charge in [0.2, 0.25) is 0 Å². The van der Waals surface area contributed by atoms with Gasteiger partial charge in [0, 0.05) is 10.9 Å². The lowest BCUT2D eigenvalue weighted by Gasteiger charge is -2.19. The summed E-state index contributed by atoms with van der Waals surface area (Å²) in [6.07, 6.45) is 1.89. The standard InChI is InChI=1S/C17H18N2S/c1-3-18-16(15-11-12(2)7-9-19-15)14-6-4-5-13-8-10-20-17(13)14/h4-11,16,18H,3H2,1-2H3. The van der Waals surface area contributed by atoms with Crippen LogP contribution in [0.4, 0.5) is 0 Å². The minimum Gasteiger partial charge on any atom is -0.305 e. The fourth-order valence-corrected chi connectivity index (χ4v) is 3.48. The molecular weight excluding hydrogens is 264 g/mol. The van der Waals surface area contributed by atoms with Crippen molar-refractivity contribution in [3.8, 4) is 0 Å². The molecule has 0 amide bonds. The van der Waals surface area contributed by atoms with Gasteiger partial charge in [0.15, 0.2) is 0 Å². The van der Waals surface area contributed by atoms with Crippen LogP contribution in [0.2, 0.25) is 0 Å². The maximum atomic E-state index is 4.57. The van der Waals surface area contributed by atoms with Crippen molar-refractivity contribution in [2.24, 2.45) is 0 Å². The summed E-state index contributed by atoms with van der Waals surface area (Å²) in [5.41, 5.74) is 3.65. The second kappa shape index (κ2) is 5.73. The molecule has 1 atom stereocenters. The van der Waals surface area contributed by atoms with E-state index in [1.165, 1.54) is 21.2 Å². The Bertz CT molecular complexity index is 718. The predicted octanol–water partition coefficient (Wildman–Crippen LogP) is 4.30. The minimum atomic E-state index is 0.155. The first-order chi connectivity index (χ1) is 9.79. The molecule has 0 bridgehead atoms. The van der Waals surface area contributed by atoms with Gasteiger partial charge < -0.3 is 5.32 Å². The molecule has 1 unspecified atom stereocenters. The van der Waals surface area contributed by atoms with Crippen LogP contribution in [-0.4, -0.2) is 11.5 Å². The van der Waals surface area contributed by atoms with Crippen molar-refractivity contribution in [2.75, 3.05) is 6.54 Å². The number of rotatable bonds is 4. The minimum absolute atomic E-state index is 0.155. The van der Waals surface area contributed by atoms with Gasteiger partial charge in [-0.15, -0.1) is 11.3 Å². The summed E-state index contributed by atoms with van der Waals surface area (Å²) >= 11 is 1.80. The number of nitrogens with one attached hydrogen (secondary N) is 1. The van der Waals surface area contributed by atoms with Crippen LogP contribution in [0.25, 0.3) is 10.1 Å². The van der Waals surface area contributed by atoms with Crippen LogP contribution < -0.4 is 5.32 Å². The molecule has 0 saturated heterocycles. The van der Waals surface area contributed by atoms with Crippen LogP contribution in [-0.2, 0) is 0 Å². The zero-order valence-corrected chi connectivity index (χ0v) is 12.6. The maximum Gasteiger partial charge on any atom is 0.0765 e. The largest absolute Gasteiger partial charge is 0.305 e. The number of benzene rings is 1. The first-order valence-electron chi connectivity index (χ1n) is 6.91. The summed E-state index contributed by atoms with van der Waals surface area (Å²) < 4.78 is 1.35. The average molecular weight is 282 g/mol. The molecule has 1 aromatic carbocycles. The number of hydrogen-bond acceptors (Lipinski definition) is 3. The smallest absolute Gasteiger partial charge is 0.0765 e. The molecule has 0 radical (unpaired) electrons. The zero-order valence-electron chi connectivity index (χ0n) is 11.8. The highest BCUT2D eigenvalue weighted by atomic mass is 32.1. The number of nitrogens with zero attached hydrogens (tertiary/aromatic N) is 1. The quantitative estimate of drug-likeness (QED) is 0.771. The number of aryl methyl sites for hydroxylation is 1. The third-order valence-corrected chi connectivity index (χ3v) is 4.44. The van der Waals surface area contributed by atoms with Crippen LogP contribution in [0.15, 0.2) is 48.0 Å². The number of aromatic nitrogens is 1. The van der Waals surface area contributed by atoms with Gasteiger partial charge in [-0.1, -0.05) is 25.1 Å². The van der Waals surface area contributed by atoms with Gasteiger partial charge in [-0.2, -0.15) is 0 Å². The molecule has 3 aromatic rings. The van der Waals surface area contributed by atoms with Gasteiger partial charge in [-0.05, 0) is 53.6 Å². The summed E-state index contributed by atoms with van der Waals surface area (Å²) in [5, 5.41) is 7.03. The molecule has 0 saturated carbocycles. The molecule has 3 heteroatoms. The van der Waals surface area contributed by atoms with E-state index in [2.05, 4.69) is 59.9 Å². The van der Waals surface area contributed by atoms with E-state index in [9.17, 15) is 0 Å². The average Bonchev–Trinajstić information content (AvgIpc) is 2.93. The van der Waals surface area contributed by atoms with Gasteiger partial charge in [0.25, 0.3) is 0 Å². The summed E-state index contributed by atoms with van der Waals surface area (Å²) in [6.45, 7) is 5.17. The van der Waals surface area contributed by atoms with Crippen molar-refractivity contribution >= 4 is 21.4 Å². The number of thiophene rings is 1.